The third-order valence-corrected chi connectivity index (χ3v) is 4.26. The topological polar surface area (TPSA) is 101 Å². The molecule has 0 unspecified atom stereocenters. The van der Waals surface area contributed by atoms with E-state index in [0.717, 1.165) is 0 Å². The molecule has 0 aromatic carbocycles. The molecule has 2 N–H and O–H groups in total. The average Bonchev–Trinajstić information content (AvgIpc) is 2.83. The van der Waals surface area contributed by atoms with Gasteiger partial charge in [-0.2, -0.15) is 5.10 Å². The molecule has 1 heterocycles. The Hall–Kier alpha value is -1.41. The van der Waals surface area contributed by atoms with Crippen molar-refractivity contribution in [2.45, 2.75) is 50.6 Å². The first kappa shape index (κ1) is 15.6. The molecule has 0 aliphatic rings. The smallest absolute Gasteiger partial charge is 0.305 e. The zero-order valence-electron chi connectivity index (χ0n) is 11.0. The summed E-state index contributed by atoms with van der Waals surface area (Å²) >= 11 is 0. The van der Waals surface area contributed by atoms with E-state index in [-0.39, 0.29) is 23.9 Å². The maximum atomic E-state index is 12.0. The highest BCUT2D eigenvalue weighted by Crippen LogP contribution is 2.10. The average molecular weight is 289 g/mol. The van der Waals surface area contributed by atoms with Gasteiger partial charge in [-0.25, -0.2) is 13.1 Å². The zero-order chi connectivity index (χ0) is 14.5. The number of hydrogen-bond acceptors (Lipinski definition) is 4. The van der Waals surface area contributed by atoms with E-state index in [1.54, 1.807) is 0 Å². The molecule has 7 nitrogen and oxygen atoms in total. The van der Waals surface area contributed by atoms with Gasteiger partial charge in [0.1, 0.15) is 4.90 Å². The molecule has 0 spiro atoms. The first-order valence-electron chi connectivity index (χ1n) is 6.15. The van der Waals surface area contributed by atoms with E-state index in [0.29, 0.717) is 12.8 Å². The molecule has 0 saturated heterocycles. The Morgan fingerprint density at radius 1 is 1.47 bits per heavy atom. The summed E-state index contributed by atoms with van der Waals surface area (Å²) in [5.74, 6) is -0.949. The normalized spacial score (nSPS) is 11.9. The molecule has 0 saturated carbocycles. The lowest BCUT2D eigenvalue weighted by molar-refractivity contribution is -0.137. The third kappa shape index (κ3) is 4.64. The Balaban J connectivity index is 2.76. The summed E-state index contributed by atoms with van der Waals surface area (Å²) in [5.41, 5.74) is 0. The Morgan fingerprint density at radius 3 is 2.63 bits per heavy atom. The van der Waals surface area contributed by atoms with Gasteiger partial charge in [-0.15, -0.1) is 0 Å². The van der Waals surface area contributed by atoms with Crippen LogP contribution in [-0.4, -0.2) is 35.3 Å². The highest BCUT2D eigenvalue weighted by molar-refractivity contribution is 7.89. The molecule has 0 amide bonds. The summed E-state index contributed by atoms with van der Waals surface area (Å²) in [7, 11) is -3.58. The number of sulfonamides is 1. The van der Waals surface area contributed by atoms with E-state index in [4.69, 9.17) is 5.11 Å². The van der Waals surface area contributed by atoms with Crippen molar-refractivity contribution in [1.29, 1.82) is 0 Å². The first-order valence-corrected chi connectivity index (χ1v) is 7.64. The van der Waals surface area contributed by atoms with Gasteiger partial charge in [-0.3, -0.25) is 9.48 Å². The predicted molar refractivity (Wildman–Crippen MR) is 69.2 cm³/mol. The Labute approximate surface area is 112 Å². The number of nitrogens with zero attached hydrogens (tertiary/aromatic N) is 2. The van der Waals surface area contributed by atoms with Gasteiger partial charge in [0.25, 0.3) is 0 Å². The summed E-state index contributed by atoms with van der Waals surface area (Å²) in [6, 6.07) is -0.104. The van der Waals surface area contributed by atoms with Crippen molar-refractivity contribution in [3.8, 4) is 0 Å². The molecule has 0 bridgehead atoms. The number of hydrogen-bond donors (Lipinski definition) is 2. The molecule has 0 fully saturated rings. The van der Waals surface area contributed by atoms with Crippen LogP contribution in [0.15, 0.2) is 17.3 Å². The van der Waals surface area contributed by atoms with E-state index < -0.39 is 16.0 Å². The molecular formula is C11H19N3O4S. The Morgan fingerprint density at radius 2 is 2.11 bits per heavy atom. The van der Waals surface area contributed by atoms with E-state index in [9.17, 15) is 13.2 Å². The SMILES string of the molecule is CCC(CC)NS(=O)(=O)c1cnn(CCC(=O)O)c1. The quantitative estimate of drug-likeness (QED) is 0.738. The van der Waals surface area contributed by atoms with Crippen molar-refractivity contribution < 1.29 is 18.3 Å². The number of aryl methyl sites for hydroxylation is 1. The second-order valence-corrected chi connectivity index (χ2v) is 5.93. The van der Waals surface area contributed by atoms with Crippen LogP contribution in [0.4, 0.5) is 0 Å². The van der Waals surface area contributed by atoms with Crippen LogP contribution < -0.4 is 4.72 Å². The van der Waals surface area contributed by atoms with Crippen molar-refractivity contribution in [2.24, 2.45) is 0 Å². The monoisotopic (exact) mass is 289 g/mol. The van der Waals surface area contributed by atoms with Crippen LogP contribution in [-0.2, 0) is 21.4 Å². The van der Waals surface area contributed by atoms with Crippen LogP contribution >= 0.6 is 0 Å². The van der Waals surface area contributed by atoms with Gasteiger partial charge >= 0.3 is 5.97 Å². The minimum atomic E-state index is -3.58. The molecule has 19 heavy (non-hydrogen) atoms. The van der Waals surface area contributed by atoms with Gasteiger partial charge in [-0.1, -0.05) is 13.8 Å². The molecule has 8 heteroatoms. The summed E-state index contributed by atoms with van der Waals surface area (Å²) in [6.45, 7) is 3.97. The van der Waals surface area contributed by atoms with Gasteiger partial charge in [0.15, 0.2) is 0 Å². The highest BCUT2D eigenvalue weighted by atomic mass is 32.2. The molecule has 0 aliphatic heterocycles. The van der Waals surface area contributed by atoms with Crippen LogP contribution in [0, 0.1) is 0 Å². The summed E-state index contributed by atoms with van der Waals surface area (Å²) in [6.07, 6.45) is 3.90. The van der Waals surface area contributed by atoms with E-state index >= 15 is 0 Å². The fourth-order valence-corrected chi connectivity index (χ4v) is 2.91. The molecule has 108 valence electrons. The van der Waals surface area contributed by atoms with Gasteiger partial charge < -0.3 is 5.11 Å². The Kier molecular flexibility index (Phi) is 5.49. The minimum absolute atomic E-state index is 0.0600. The third-order valence-electron chi connectivity index (χ3n) is 2.78. The second kappa shape index (κ2) is 6.67. The molecular weight excluding hydrogens is 270 g/mol. The van der Waals surface area contributed by atoms with Crippen molar-refractivity contribution in [3.05, 3.63) is 12.4 Å². The van der Waals surface area contributed by atoms with Crippen molar-refractivity contribution in [3.63, 3.8) is 0 Å². The predicted octanol–water partition coefficient (Wildman–Crippen LogP) is 0.825. The summed E-state index contributed by atoms with van der Waals surface area (Å²) < 4.78 is 28.0. The summed E-state index contributed by atoms with van der Waals surface area (Å²) in [5, 5.41) is 12.4. The van der Waals surface area contributed by atoms with Crippen molar-refractivity contribution in [2.75, 3.05) is 0 Å². The lowest BCUT2D eigenvalue weighted by Gasteiger charge is -2.13. The van der Waals surface area contributed by atoms with Crippen molar-refractivity contribution in [1.82, 2.24) is 14.5 Å². The highest BCUT2D eigenvalue weighted by Gasteiger charge is 2.19. The number of carboxylic acid groups (broad SMARTS) is 1. The van der Waals surface area contributed by atoms with Gasteiger partial charge in [0, 0.05) is 12.2 Å². The largest absolute Gasteiger partial charge is 0.481 e. The number of aliphatic carboxylic acids is 1. The Bertz CT molecular complexity index is 520. The number of carbonyl (C=O) groups is 1. The van der Waals surface area contributed by atoms with E-state index in [1.165, 1.54) is 17.1 Å². The van der Waals surface area contributed by atoms with E-state index in [2.05, 4.69) is 9.82 Å². The number of rotatable bonds is 8. The minimum Gasteiger partial charge on any atom is -0.481 e. The van der Waals surface area contributed by atoms with Crippen LogP contribution in [0.25, 0.3) is 0 Å². The standard InChI is InChI=1S/C11H19N3O4S/c1-3-9(4-2)13-19(17,18)10-7-12-14(8-10)6-5-11(15)16/h7-9,13H,3-6H2,1-2H3,(H,15,16). The zero-order valence-corrected chi connectivity index (χ0v) is 11.9. The number of nitrogens with one attached hydrogen (secondary N) is 1. The van der Waals surface area contributed by atoms with E-state index in [1.807, 2.05) is 13.8 Å². The maximum Gasteiger partial charge on any atom is 0.305 e. The molecule has 1 rings (SSSR count). The molecule has 1 aromatic heterocycles. The van der Waals surface area contributed by atoms with Gasteiger partial charge in [0.05, 0.1) is 19.2 Å². The van der Waals surface area contributed by atoms with Crippen molar-refractivity contribution >= 4 is 16.0 Å². The van der Waals surface area contributed by atoms with Crippen LogP contribution in [0.5, 0.6) is 0 Å². The molecule has 0 aliphatic carbocycles. The fraction of sp³-hybridized carbons (Fsp3) is 0.636. The van der Waals surface area contributed by atoms with Gasteiger partial charge in [-0.05, 0) is 12.8 Å². The van der Waals surface area contributed by atoms with Crippen LogP contribution in [0.1, 0.15) is 33.1 Å². The lowest BCUT2D eigenvalue weighted by atomic mass is 10.2. The number of carboxylic acids is 1. The molecule has 0 atom stereocenters. The first-order chi connectivity index (χ1) is 8.89. The maximum absolute atomic E-state index is 12.0. The fourth-order valence-electron chi connectivity index (χ4n) is 1.56. The number of aromatic nitrogens is 2. The van der Waals surface area contributed by atoms with Crippen LogP contribution in [0.2, 0.25) is 0 Å². The lowest BCUT2D eigenvalue weighted by Crippen LogP contribution is -2.33. The van der Waals surface area contributed by atoms with Crippen LogP contribution in [0.3, 0.4) is 0 Å². The summed E-state index contributed by atoms with van der Waals surface area (Å²) in [4.78, 5) is 10.5. The van der Waals surface area contributed by atoms with Gasteiger partial charge in [0.2, 0.25) is 10.0 Å². The second-order valence-electron chi connectivity index (χ2n) is 4.22. The molecule has 0 radical (unpaired) electrons. The molecule has 1 aromatic rings.